The smallest absolute Gasteiger partial charge is 0.217 e. The van der Waals surface area contributed by atoms with Crippen molar-refractivity contribution in [2.75, 3.05) is 112 Å². The quantitative estimate of drug-likeness (QED) is 0.0183. The lowest BCUT2D eigenvalue weighted by atomic mass is 9.97. The molecule has 46 nitrogen and oxygen atoms in total. The summed E-state index contributed by atoms with van der Waals surface area (Å²) in [4.78, 5) is 52.0. The molecule has 640 valence electrons. The summed E-state index contributed by atoms with van der Waals surface area (Å²) in [6.07, 6.45) is -10.7. The molecule has 4 aromatic rings. The number of hydrogen-bond acceptors (Lipinski definition) is 38. The first-order valence-corrected chi connectivity index (χ1v) is 37.8. The Kier molecular flexibility index (Phi) is 38.7. The van der Waals surface area contributed by atoms with Gasteiger partial charge in [0.25, 0.3) is 0 Å². The molecular weight excluding hydrogens is 1500 g/mol. The monoisotopic (exact) mass is 1620 g/mol. The fraction of sp³-hybridized carbons (Fsp3) is 0.821. The average molecular weight is 1620 g/mol. The summed E-state index contributed by atoms with van der Waals surface area (Å²) in [5, 5.41) is 169. The normalized spacial score (nSPS) is 28.4. The van der Waals surface area contributed by atoms with E-state index in [0.29, 0.717) is 81.7 Å². The first kappa shape index (κ1) is 91.9. The van der Waals surface area contributed by atoms with Gasteiger partial charge in [0, 0.05) is 84.7 Å². The maximum Gasteiger partial charge on any atom is 0.217 e. The van der Waals surface area contributed by atoms with Gasteiger partial charge in [-0.15, -0.1) is 20.4 Å². The minimum Gasteiger partial charge on any atom is -0.394 e. The van der Waals surface area contributed by atoms with Crippen LogP contribution in [-0.2, 0) is 128 Å². The van der Waals surface area contributed by atoms with E-state index >= 15 is 0 Å². The molecule has 4 fully saturated rings. The highest BCUT2D eigenvalue weighted by Gasteiger charge is 2.49. The van der Waals surface area contributed by atoms with Crippen LogP contribution in [0.3, 0.4) is 0 Å². The Balaban J connectivity index is 0.883. The molecule has 0 aromatic carbocycles. The van der Waals surface area contributed by atoms with Crippen molar-refractivity contribution >= 4 is 23.6 Å². The standard InChI is InChI=1S/C67H114N18O28/c1-6-47(81(29-45-33-84(78-74-45)13-17-104-21-25-108-66-54(70-41(4)92)62(100)58(96)50(37-88)112-66)30-46-34-85(79-75-46)14-18-105-22-26-109-67-55(71-42(5)93)63(101)59(97)51(38-89)113-67)9-7-8-10-80(27-43-31-82(76-72-43)11-15-102-19-23-106-64-52(68-39(2)90)60(98)56(94)48(35-86)110-64)28-44-32-83(77-73-44)12-16-103-20-24-107-65-53(69-40(3)91)61(99)57(95)49(36-87)111-65/h31-34,47-67,86-89,94-101H,6-30,35-38H2,1-5H3,(H,68,90)(H,69,91)(H,70,92)(H,71,93)/t47-,48?,49?,50?,51?,52?,53?,54?,55?,56?,57?,58?,59?,60?,61?,62?,63?,64?,65?,66?,67?/m0/s1. The highest BCUT2D eigenvalue weighted by atomic mass is 16.7. The second-order valence-corrected chi connectivity index (χ2v) is 27.7. The van der Waals surface area contributed by atoms with Crippen molar-refractivity contribution in [2.45, 2.75) is 241 Å². The fourth-order valence-corrected chi connectivity index (χ4v) is 13.2. The summed E-state index contributed by atoms with van der Waals surface area (Å²) in [5.74, 6) is -1.94. The van der Waals surface area contributed by atoms with Crippen LogP contribution in [0.25, 0.3) is 0 Å². The first-order chi connectivity index (χ1) is 54.4. The molecule has 0 bridgehead atoms. The lowest BCUT2D eigenvalue weighted by Crippen LogP contribution is -2.64. The number of aliphatic hydroxyl groups is 12. The summed E-state index contributed by atoms with van der Waals surface area (Å²) in [5.41, 5.74) is 2.63. The van der Waals surface area contributed by atoms with Crippen molar-refractivity contribution in [3.63, 3.8) is 0 Å². The number of unbranched alkanes of at least 4 members (excludes halogenated alkanes) is 1. The summed E-state index contributed by atoms with van der Waals surface area (Å²) in [6, 6.07) is -4.43. The molecule has 0 spiro atoms. The van der Waals surface area contributed by atoms with Gasteiger partial charge >= 0.3 is 0 Å². The molecule has 21 atom stereocenters. The Morgan fingerprint density at radius 2 is 0.664 bits per heavy atom. The van der Waals surface area contributed by atoms with Gasteiger partial charge in [-0.1, -0.05) is 34.2 Å². The van der Waals surface area contributed by atoms with E-state index in [1.807, 2.05) is 24.8 Å². The van der Waals surface area contributed by atoms with E-state index in [1.165, 1.54) is 27.7 Å². The van der Waals surface area contributed by atoms with E-state index in [4.69, 9.17) is 56.8 Å². The summed E-state index contributed by atoms with van der Waals surface area (Å²) in [7, 11) is 0. The zero-order valence-electron chi connectivity index (χ0n) is 64.1. The molecule has 46 heteroatoms. The van der Waals surface area contributed by atoms with Crippen LogP contribution in [0.15, 0.2) is 24.8 Å². The van der Waals surface area contributed by atoms with Crippen molar-refractivity contribution in [1.29, 1.82) is 0 Å². The van der Waals surface area contributed by atoms with Crippen LogP contribution in [0, 0.1) is 0 Å². The molecule has 8 rings (SSSR count). The molecule has 113 heavy (non-hydrogen) atoms. The Morgan fingerprint density at radius 1 is 0.398 bits per heavy atom. The van der Waals surface area contributed by atoms with Gasteiger partial charge in [0.15, 0.2) is 25.2 Å². The first-order valence-electron chi connectivity index (χ1n) is 37.8. The van der Waals surface area contributed by atoms with E-state index in [0.717, 1.165) is 25.7 Å². The lowest BCUT2D eigenvalue weighted by molar-refractivity contribution is -0.272. The topological polar surface area (TPSA) is 599 Å². The molecule has 4 aliphatic rings. The molecular formula is C67H114N18O28. The molecule has 8 heterocycles. The largest absolute Gasteiger partial charge is 0.394 e. The van der Waals surface area contributed by atoms with Gasteiger partial charge in [0.2, 0.25) is 23.6 Å². The molecule has 16 N–H and O–H groups in total. The van der Waals surface area contributed by atoms with Gasteiger partial charge in [-0.05, 0) is 25.8 Å². The number of nitrogens with one attached hydrogen (secondary N) is 4. The highest BCUT2D eigenvalue weighted by Crippen LogP contribution is 2.27. The number of rotatable bonds is 51. The number of aliphatic hydroxyl groups excluding tert-OH is 12. The van der Waals surface area contributed by atoms with Gasteiger partial charge in [-0.25, -0.2) is 18.7 Å². The molecule has 4 amide bonds. The van der Waals surface area contributed by atoms with E-state index < -0.39 is 173 Å². The van der Waals surface area contributed by atoms with E-state index in [-0.39, 0.29) is 85.3 Å². The predicted molar refractivity (Wildman–Crippen MR) is 380 cm³/mol. The van der Waals surface area contributed by atoms with Crippen molar-refractivity contribution in [2.24, 2.45) is 0 Å². The predicted octanol–water partition coefficient (Wildman–Crippen LogP) is -9.39. The van der Waals surface area contributed by atoms with Crippen LogP contribution >= 0.6 is 0 Å². The van der Waals surface area contributed by atoms with Crippen LogP contribution < -0.4 is 21.3 Å². The maximum atomic E-state index is 11.9. The SMILES string of the molecule is CC[C@@H](CCCCN(Cc1cn(CCOCCOC2OC(CO)C(O)C(O)C2NC(C)=O)nn1)Cc1cn(CCOCCOC2OC(CO)C(O)C(O)C2NC(C)=O)nn1)N(Cc1cn(CCOCCOC2OC(CO)C(O)C(O)C2NC(C)=O)nn1)Cc1cn(CCOCCOC2OC(CO)C(O)C(O)C2NC(C)=O)nn1. The number of nitrogens with zero attached hydrogens (tertiary/aromatic N) is 14. The molecule has 0 radical (unpaired) electrons. The van der Waals surface area contributed by atoms with Gasteiger partial charge in [0.05, 0.1) is 155 Å². The Morgan fingerprint density at radius 3 is 0.912 bits per heavy atom. The van der Waals surface area contributed by atoms with Gasteiger partial charge in [0.1, 0.15) is 97.4 Å². The number of carbonyl (C=O) groups is 4. The Bertz CT molecular complexity index is 3200. The lowest BCUT2D eigenvalue weighted by Gasteiger charge is -2.42. The molecule has 20 unspecified atom stereocenters. The second kappa shape index (κ2) is 47.6. The van der Waals surface area contributed by atoms with Crippen LogP contribution in [0.2, 0.25) is 0 Å². The van der Waals surface area contributed by atoms with E-state index in [2.05, 4.69) is 79.2 Å². The third-order valence-electron chi connectivity index (χ3n) is 19.0. The average Bonchev–Trinajstić information content (AvgIpc) is 1.07. The van der Waals surface area contributed by atoms with Gasteiger partial charge in [-0.3, -0.25) is 29.0 Å². The molecule has 0 saturated carbocycles. The maximum absolute atomic E-state index is 11.9. The van der Waals surface area contributed by atoms with Crippen LogP contribution in [-0.4, -0.2) is 396 Å². The number of hydrogen-bond donors (Lipinski definition) is 16. The number of amides is 4. The van der Waals surface area contributed by atoms with Crippen LogP contribution in [0.5, 0.6) is 0 Å². The minimum atomic E-state index is -1.46. The highest BCUT2D eigenvalue weighted by molar-refractivity contribution is 5.74. The third-order valence-corrected chi connectivity index (χ3v) is 19.0. The van der Waals surface area contributed by atoms with E-state index in [1.54, 1.807) is 18.7 Å². The Labute approximate surface area is 651 Å². The fourth-order valence-electron chi connectivity index (χ4n) is 13.2. The van der Waals surface area contributed by atoms with Crippen molar-refractivity contribution in [3.05, 3.63) is 47.6 Å². The number of carbonyl (C=O) groups excluding carboxylic acids is 4. The van der Waals surface area contributed by atoms with E-state index in [9.17, 15) is 80.5 Å². The summed E-state index contributed by atoms with van der Waals surface area (Å²) in [6.45, 7) is 9.06. The van der Waals surface area contributed by atoms with Gasteiger partial charge < -0.3 is 139 Å². The molecule has 0 aliphatic carbocycles. The molecule has 4 aromatic heterocycles. The Hall–Kier alpha value is -6.60. The van der Waals surface area contributed by atoms with Crippen molar-refractivity contribution in [3.8, 4) is 0 Å². The van der Waals surface area contributed by atoms with Crippen LogP contribution in [0.4, 0.5) is 0 Å². The van der Waals surface area contributed by atoms with Gasteiger partial charge in [-0.2, -0.15) is 0 Å². The number of aromatic nitrogens is 12. The molecule has 4 aliphatic heterocycles. The minimum absolute atomic E-state index is 0.0119. The third kappa shape index (κ3) is 28.6. The zero-order chi connectivity index (χ0) is 81.5. The van der Waals surface area contributed by atoms with Crippen molar-refractivity contribution in [1.82, 2.24) is 91.0 Å². The summed E-state index contributed by atoms with van der Waals surface area (Å²) < 4.78 is 75.6. The zero-order valence-corrected chi connectivity index (χ0v) is 64.1. The van der Waals surface area contributed by atoms with Crippen LogP contribution in [0.1, 0.15) is 83.1 Å². The molecule has 4 saturated heterocycles. The second-order valence-electron chi connectivity index (χ2n) is 27.7. The van der Waals surface area contributed by atoms with Crippen molar-refractivity contribution < 1.29 is 137 Å². The number of ether oxygens (including phenoxy) is 12. The summed E-state index contributed by atoms with van der Waals surface area (Å²) >= 11 is 0.